The van der Waals surface area contributed by atoms with E-state index in [9.17, 15) is 10.2 Å². The molecule has 46 heavy (non-hydrogen) atoms. The number of phenols is 2. The van der Waals surface area contributed by atoms with E-state index in [-0.39, 0.29) is 11.5 Å². The molecule has 7 aromatic rings. The van der Waals surface area contributed by atoms with Crippen molar-refractivity contribution in [1.82, 2.24) is 4.98 Å². The minimum absolute atomic E-state index is 0.246. The van der Waals surface area contributed by atoms with Crippen LogP contribution in [-0.2, 0) is 20.8 Å². The number of aromatic hydroxyl groups is 2. The zero-order valence-electron chi connectivity index (χ0n) is 24.4. The van der Waals surface area contributed by atoms with Gasteiger partial charge in [-0.2, -0.15) is 0 Å². The molecule has 0 bridgehead atoms. The Balaban J connectivity index is 0.00000119. The second-order valence-corrected chi connectivity index (χ2v) is 14.9. The van der Waals surface area contributed by atoms with Gasteiger partial charge < -0.3 is 10.2 Å². The van der Waals surface area contributed by atoms with Crippen LogP contribution in [0.3, 0.4) is 0 Å². The number of halogens is 2. The first-order valence-electron chi connectivity index (χ1n) is 14.5. The van der Waals surface area contributed by atoms with Gasteiger partial charge in [0, 0.05) is 38.8 Å². The van der Waals surface area contributed by atoms with Crippen molar-refractivity contribution in [3.05, 3.63) is 151 Å². The zero-order valence-corrected chi connectivity index (χ0v) is 29.2. The predicted molar refractivity (Wildman–Crippen MR) is 190 cm³/mol. The summed E-state index contributed by atoms with van der Waals surface area (Å²) >= 11 is 0.740. The molecule has 7 rings (SSSR count). The van der Waals surface area contributed by atoms with Gasteiger partial charge in [-0.1, -0.05) is 146 Å². The van der Waals surface area contributed by atoms with Crippen LogP contribution in [0.25, 0.3) is 66.3 Å². The maximum atomic E-state index is 11.4. The molecule has 0 amide bonds. The summed E-state index contributed by atoms with van der Waals surface area (Å²) < 4.78 is 0. The minimum atomic E-state index is -0.826. The zero-order chi connectivity index (χ0) is 31.9. The van der Waals surface area contributed by atoms with Crippen LogP contribution >= 0.6 is 28.4 Å². The summed E-state index contributed by atoms with van der Waals surface area (Å²) in [4.78, 5) is 5.10. The van der Waals surface area contributed by atoms with E-state index in [1.54, 1.807) is 11.3 Å². The number of thiazole rings is 1. The second kappa shape index (κ2) is 15.1. The average molecular weight is 736 g/mol. The van der Waals surface area contributed by atoms with Gasteiger partial charge in [0.25, 0.3) is 0 Å². The summed E-state index contributed by atoms with van der Waals surface area (Å²) in [7, 11) is 9.87. The summed E-state index contributed by atoms with van der Waals surface area (Å²) in [6.45, 7) is 0. The van der Waals surface area contributed by atoms with Crippen molar-refractivity contribution in [2.45, 2.75) is 0 Å². The van der Waals surface area contributed by atoms with E-state index >= 15 is 0 Å². The van der Waals surface area contributed by atoms with Crippen LogP contribution in [0.5, 0.6) is 11.5 Å². The molecule has 0 fully saturated rings. The maximum absolute atomic E-state index is 11.4. The van der Waals surface area contributed by atoms with Crippen molar-refractivity contribution in [1.29, 1.82) is 0 Å². The molecule has 0 atom stereocenters. The van der Waals surface area contributed by atoms with Crippen LogP contribution in [0.4, 0.5) is 0 Å². The molecule has 7 heteroatoms. The SMILES string of the molecule is Oc1c(-c2ccccc2)cccc1-c1ccccc1-c1csc(-c2ccccc2-c2cccc(-c3ccccc3)c2O)n1.[Cl][Zr][Cl]. The number of aromatic nitrogens is 1. The normalized spacial score (nSPS) is 10.6. The molecule has 1 heterocycles. The number of hydrogen-bond donors (Lipinski definition) is 2. The first-order valence-corrected chi connectivity index (χ1v) is 21.7. The molecular formula is C39H27Cl2NO2SZr. The number of hydrogen-bond acceptors (Lipinski definition) is 4. The van der Waals surface area contributed by atoms with E-state index in [1.165, 1.54) is 0 Å². The van der Waals surface area contributed by atoms with Gasteiger partial charge in [-0.25, -0.2) is 4.98 Å². The van der Waals surface area contributed by atoms with Gasteiger partial charge in [-0.3, -0.25) is 0 Å². The van der Waals surface area contributed by atoms with Gasteiger partial charge in [0.1, 0.15) is 16.5 Å². The third kappa shape index (κ3) is 6.75. The molecule has 3 nitrogen and oxygen atoms in total. The predicted octanol–water partition coefficient (Wildman–Crippen LogP) is 11.9. The van der Waals surface area contributed by atoms with Gasteiger partial charge in [0.2, 0.25) is 0 Å². The van der Waals surface area contributed by atoms with Crippen LogP contribution in [-0.4, -0.2) is 15.2 Å². The topological polar surface area (TPSA) is 53.4 Å². The number of para-hydroxylation sites is 2. The van der Waals surface area contributed by atoms with Crippen LogP contribution in [0.2, 0.25) is 0 Å². The first-order chi connectivity index (χ1) is 22.6. The third-order valence-electron chi connectivity index (χ3n) is 7.69. The Bertz CT molecular complexity index is 1940. The molecule has 6 aromatic carbocycles. The summed E-state index contributed by atoms with van der Waals surface area (Å²) in [5, 5.41) is 25.7. The molecule has 0 unspecified atom stereocenters. The molecule has 0 saturated heterocycles. The van der Waals surface area contributed by atoms with E-state index in [4.69, 9.17) is 22.0 Å². The van der Waals surface area contributed by atoms with Crippen LogP contribution < -0.4 is 0 Å². The summed E-state index contributed by atoms with van der Waals surface area (Å²) in [5.74, 6) is 0.493. The Morgan fingerprint density at radius 1 is 0.435 bits per heavy atom. The monoisotopic (exact) mass is 733 g/mol. The van der Waals surface area contributed by atoms with Crippen molar-refractivity contribution in [2.75, 3.05) is 0 Å². The van der Waals surface area contributed by atoms with Crippen molar-refractivity contribution in [3.63, 3.8) is 0 Å². The van der Waals surface area contributed by atoms with E-state index < -0.39 is 20.8 Å². The summed E-state index contributed by atoms with van der Waals surface area (Å²) in [5.41, 5.74) is 9.58. The van der Waals surface area contributed by atoms with Crippen molar-refractivity contribution < 1.29 is 31.1 Å². The Morgan fingerprint density at radius 2 is 0.804 bits per heavy atom. The van der Waals surface area contributed by atoms with E-state index in [1.807, 2.05) is 146 Å². The fraction of sp³-hybridized carbons (Fsp3) is 0. The van der Waals surface area contributed by atoms with Crippen LogP contribution in [0.1, 0.15) is 0 Å². The fourth-order valence-electron chi connectivity index (χ4n) is 5.59. The van der Waals surface area contributed by atoms with Gasteiger partial charge >= 0.3 is 37.9 Å². The van der Waals surface area contributed by atoms with Gasteiger partial charge in [-0.15, -0.1) is 11.3 Å². The molecule has 0 radical (unpaired) electrons. The van der Waals surface area contributed by atoms with E-state index in [0.29, 0.717) is 0 Å². The Hall–Kier alpha value is -3.99. The van der Waals surface area contributed by atoms with Gasteiger partial charge in [0.05, 0.1) is 5.69 Å². The molecule has 0 saturated carbocycles. The third-order valence-corrected chi connectivity index (χ3v) is 8.56. The fourth-order valence-corrected chi connectivity index (χ4v) is 6.45. The van der Waals surface area contributed by atoms with E-state index in [0.717, 1.165) is 66.3 Å². The number of rotatable bonds is 6. The molecule has 0 aliphatic heterocycles. The molecule has 224 valence electrons. The second-order valence-electron chi connectivity index (χ2n) is 10.3. The van der Waals surface area contributed by atoms with Crippen molar-refractivity contribution in [2.24, 2.45) is 0 Å². The Labute approximate surface area is 291 Å². The standard InChI is InChI=1S/C39H27NO2S.2ClH.Zr/c41-37-28(26-13-3-1-4-14-26)21-11-23-33(37)30-17-7-9-19-32(30)36-25-43-39(40-36)35-20-10-8-18-31(35)34-24-12-22-29(38(34)42)27-15-5-2-6-16-27;;;/h1-25,41-42H;2*1H;/q;;;+2/p-2. The quantitative estimate of drug-likeness (QED) is 0.179. The van der Waals surface area contributed by atoms with Crippen LogP contribution in [0, 0.1) is 0 Å². The number of phenolic OH excluding ortho intramolecular Hbond substituents is 2. The summed E-state index contributed by atoms with van der Waals surface area (Å²) in [6.07, 6.45) is 0. The molecule has 0 aliphatic rings. The molecule has 1 aromatic heterocycles. The molecular weight excluding hydrogens is 709 g/mol. The molecule has 2 N–H and O–H groups in total. The van der Waals surface area contributed by atoms with Crippen molar-refractivity contribution in [3.8, 4) is 77.8 Å². The summed E-state index contributed by atoms with van der Waals surface area (Å²) in [6, 6.07) is 47.7. The number of nitrogens with zero attached hydrogens (tertiary/aromatic N) is 1. The molecule has 0 aliphatic carbocycles. The van der Waals surface area contributed by atoms with E-state index in [2.05, 4.69) is 5.38 Å². The van der Waals surface area contributed by atoms with Crippen molar-refractivity contribution >= 4 is 28.4 Å². The van der Waals surface area contributed by atoms with Gasteiger partial charge in [0.15, 0.2) is 0 Å². The van der Waals surface area contributed by atoms with Crippen LogP contribution in [0.15, 0.2) is 151 Å². The Morgan fingerprint density at radius 3 is 1.30 bits per heavy atom. The first kappa shape index (κ1) is 32.0. The van der Waals surface area contributed by atoms with Gasteiger partial charge in [-0.05, 0) is 22.3 Å². The molecule has 0 spiro atoms. The number of benzene rings is 6. The average Bonchev–Trinajstić information content (AvgIpc) is 3.60. The Kier molecular flexibility index (Phi) is 10.5.